The van der Waals surface area contributed by atoms with Crippen molar-refractivity contribution in [3.05, 3.63) is 0 Å². The third-order valence-electron chi connectivity index (χ3n) is 3.40. The largest absolute Gasteiger partial charge is 0.347 e. The Labute approximate surface area is 121 Å². The summed E-state index contributed by atoms with van der Waals surface area (Å²) in [5.74, 6) is 0.274. The van der Waals surface area contributed by atoms with Crippen LogP contribution >= 0.6 is 12.4 Å². The molecule has 0 aromatic heterocycles. The minimum atomic E-state index is -0.462. The Morgan fingerprint density at radius 1 is 1.37 bits per heavy atom. The molecular weight excluding hydrogens is 266 g/mol. The van der Waals surface area contributed by atoms with Gasteiger partial charge in [-0.3, -0.25) is 9.59 Å². The lowest BCUT2D eigenvalue weighted by Crippen LogP contribution is -2.44. The molecule has 0 aliphatic carbocycles. The van der Waals surface area contributed by atoms with E-state index in [4.69, 9.17) is 5.73 Å². The summed E-state index contributed by atoms with van der Waals surface area (Å²) in [5, 5.41) is 2.69. The number of amides is 2. The molecule has 5 nitrogen and oxygen atoms in total. The van der Waals surface area contributed by atoms with E-state index in [1.54, 1.807) is 0 Å². The Morgan fingerprint density at radius 2 is 1.95 bits per heavy atom. The monoisotopic (exact) mass is 291 g/mol. The third-order valence-corrected chi connectivity index (χ3v) is 3.40. The normalized spacial score (nSPS) is 22.9. The first-order chi connectivity index (χ1) is 8.25. The van der Waals surface area contributed by atoms with Crippen molar-refractivity contribution in [1.82, 2.24) is 10.2 Å². The first kappa shape index (κ1) is 18.2. The first-order valence-corrected chi connectivity index (χ1v) is 6.53. The zero-order valence-corrected chi connectivity index (χ0v) is 13.0. The Balaban J connectivity index is 0.00000324. The Hall–Kier alpha value is -0.810. The summed E-state index contributed by atoms with van der Waals surface area (Å²) >= 11 is 0. The van der Waals surface area contributed by atoms with Crippen molar-refractivity contribution in [1.29, 1.82) is 0 Å². The fourth-order valence-corrected chi connectivity index (χ4v) is 2.18. The van der Waals surface area contributed by atoms with Crippen LogP contribution in [0.15, 0.2) is 0 Å². The summed E-state index contributed by atoms with van der Waals surface area (Å²) in [6.45, 7) is 8.92. The average Bonchev–Trinajstić information content (AvgIpc) is 2.65. The van der Waals surface area contributed by atoms with E-state index in [1.165, 1.54) is 0 Å². The molecule has 2 atom stereocenters. The van der Waals surface area contributed by atoms with Crippen LogP contribution in [-0.4, -0.2) is 42.4 Å². The highest BCUT2D eigenvalue weighted by atomic mass is 35.5. The quantitative estimate of drug-likeness (QED) is 0.806. The van der Waals surface area contributed by atoms with E-state index >= 15 is 0 Å². The maximum Gasteiger partial charge on any atom is 0.242 e. The summed E-state index contributed by atoms with van der Waals surface area (Å²) in [6.07, 6.45) is 0.954. The van der Waals surface area contributed by atoms with E-state index < -0.39 is 5.41 Å². The maximum atomic E-state index is 12.0. The molecule has 1 fully saturated rings. The summed E-state index contributed by atoms with van der Waals surface area (Å²) in [4.78, 5) is 25.5. The van der Waals surface area contributed by atoms with Crippen LogP contribution in [0.3, 0.4) is 0 Å². The van der Waals surface area contributed by atoms with E-state index in [0.717, 1.165) is 6.42 Å². The number of hydrogen-bond acceptors (Lipinski definition) is 3. The van der Waals surface area contributed by atoms with Crippen LogP contribution in [0.4, 0.5) is 0 Å². The summed E-state index contributed by atoms with van der Waals surface area (Å²) < 4.78 is 0. The molecule has 1 aliphatic heterocycles. The molecule has 1 rings (SSSR count). The van der Waals surface area contributed by atoms with Gasteiger partial charge in [0.05, 0.1) is 6.54 Å². The number of likely N-dealkylation sites (tertiary alicyclic amines) is 1. The Kier molecular flexibility index (Phi) is 6.80. The zero-order chi connectivity index (χ0) is 13.9. The number of nitrogens with two attached hydrogens (primary N) is 1. The third kappa shape index (κ3) is 4.99. The SMILES string of the molecule is CC1CC(CN)CN1C(=O)CNC(=O)C(C)(C)C.Cl. The highest BCUT2D eigenvalue weighted by Crippen LogP contribution is 2.21. The van der Waals surface area contributed by atoms with Gasteiger partial charge in [0.1, 0.15) is 0 Å². The fraction of sp³-hybridized carbons (Fsp3) is 0.846. The van der Waals surface area contributed by atoms with Gasteiger partial charge in [-0.2, -0.15) is 0 Å². The molecule has 0 spiro atoms. The highest BCUT2D eigenvalue weighted by Gasteiger charge is 2.32. The summed E-state index contributed by atoms with van der Waals surface area (Å²) in [6, 6.07) is 0.220. The van der Waals surface area contributed by atoms with Gasteiger partial charge in [-0.15, -0.1) is 12.4 Å². The molecule has 0 saturated carbocycles. The van der Waals surface area contributed by atoms with Gasteiger partial charge in [-0.05, 0) is 25.8 Å². The molecule has 2 unspecified atom stereocenters. The standard InChI is InChI=1S/C13H25N3O2.ClH/c1-9-5-10(6-14)8-16(9)11(17)7-15-12(18)13(2,3)4;/h9-10H,5-8,14H2,1-4H3,(H,15,18);1H. The second kappa shape index (κ2) is 7.10. The molecule has 112 valence electrons. The van der Waals surface area contributed by atoms with E-state index in [2.05, 4.69) is 5.32 Å². The van der Waals surface area contributed by atoms with Crippen molar-refractivity contribution >= 4 is 24.2 Å². The molecule has 19 heavy (non-hydrogen) atoms. The van der Waals surface area contributed by atoms with E-state index in [9.17, 15) is 9.59 Å². The molecular formula is C13H26ClN3O2. The van der Waals surface area contributed by atoms with Gasteiger partial charge in [0.25, 0.3) is 0 Å². The molecule has 1 heterocycles. The van der Waals surface area contributed by atoms with Crippen LogP contribution in [-0.2, 0) is 9.59 Å². The molecule has 0 bridgehead atoms. The average molecular weight is 292 g/mol. The van der Waals surface area contributed by atoms with E-state index in [-0.39, 0.29) is 36.8 Å². The van der Waals surface area contributed by atoms with Crippen molar-refractivity contribution < 1.29 is 9.59 Å². The van der Waals surface area contributed by atoms with Crippen molar-refractivity contribution in [2.75, 3.05) is 19.6 Å². The Morgan fingerprint density at radius 3 is 2.37 bits per heavy atom. The van der Waals surface area contributed by atoms with E-state index in [1.807, 2.05) is 32.6 Å². The van der Waals surface area contributed by atoms with Crippen molar-refractivity contribution in [3.63, 3.8) is 0 Å². The van der Waals surface area contributed by atoms with Crippen LogP contribution in [0.25, 0.3) is 0 Å². The van der Waals surface area contributed by atoms with Crippen LogP contribution in [0.5, 0.6) is 0 Å². The van der Waals surface area contributed by atoms with Crippen molar-refractivity contribution in [2.45, 2.75) is 40.2 Å². The van der Waals surface area contributed by atoms with Gasteiger partial charge >= 0.3 is 0 Å². The molecule has 0 aromatic rings. The molecule has 2 amide bonds. The first-order valence-electron chi connectivity index (χ1n) is 6.53. The van der Waals surface area contributed by atoms with Crippen LogP contribution < -0.4 is 11.1 Å². The van der Waals surface area contributed by atoms with Gasteiger partial charge in [0.15, 0.2) is 0 Å². The second-order valence-electron chi connectivity index (χ2n) is 6.17. The summed E-state index contributed by atoms with van der Waals surface area (Å²) in [5.41, 5.74) is 5.17. The number of carbonyl (C=O) groups is 2. The Bertz CT molecular complexity index is 328. The predicted molar refractivity (Wildman–Crippen MR) is 78.0 cm³/mol. The van der Waals surface area contributed by atoms with Crippen molar-refractivity contribution in [2.24, 2.45) is 17.1 Å². The molecule has 1 saturated heterocycles. The van der Waals surface area contributed by atoms with Gasteiger partial charge in [-0.1, -0.05) is 20.8 Å². The number of carbonyl (C=O) groups excluding carboxylic acids is 2. The molecule has 6 heteroatoms. The minimum Gasteiger partial charge on any atom is -0.347 e. The minimum absolute atomic E-state index is 0. The van der Waals surface area contributed by atoms with Crippen LogP contribution in [0, 0.1) is 11.3 Å². The summed E-state index contributed by atoms with van der Waals surface area (Å²) in [7, 11) is 0. The molecule has 3 N–H and O–H groups in total. The zero-order valence-electron chi connectivity index (χ0n) is 12.2. The topological polar surface area (TPSA) is 75.4 Å². The smallest absolute Gasteiger partial charge is 0.242 e. The lowest BCUT2D eigenvalue weighted by atomic mass is 9.96. The number of hydrogen-bond donors (Lipinski definition) is 2. The second-order valence-corrected chi connectivity index (χ2v) is 6.17. The van der Waals surface area contributed by atoms with Gasteiger partial charge in [0, 0.05) is 18.0 Å². The van der Waals surface area contributed by atoms with Crippen LogP contribution in [0.1, 0.15) is 34.1 Å². The lowest BCUT2D eigenvalue weighted by Gasteiger charge is -2.23. The number of nitrogens with zero attached hydrogens (tertiary/aromatic N) is 1. The number of rotatable bonds is 3. The van der Waals surface area contributed by atoms with Gasteiger partial charge in [-0.25, -0.2) is 0 Å². The highest BCUT2D eigenvalue weighted by molar-refractivity contribution is 5.87. The molecule has 1 aliphatic rings. The lowest BCUT2D eigenvalue weighted by molar-refractivity contribution is -0.135. The fourth-order valence-electron chi connectivity index (χ4n) is 2.18. The van der Waals surface area contributed by atoms with Gasteiger partial charge < -0.3 is 16.0 Å². The number of halogens is 1. The van der Waals surface area contributed by atoms with Gasteiger partial charge in [0.2, 0.25) is 11.8 Å². The van der Waals surface area contributed by atoms with E-state index in [0.29, 0.717) is 19.0 Å². The molecule has 0 radical (unpaired) electrons. The number of nitrogens with one attached hydrogen (secondary N) is 1. The predicted octanol–water partition coefficient (Wildman–Crippen LogP) is 0.766. The van der Waals surface area contributed by atoms with Crippen molar-refractivity contribution in [3.8, 4) is 0 Å². The molecule has 0 aromatic carbocycles. The van der Waals surface area contributed by atoms with Crippen LogP contribution in [0.2, 0.25) is 0 Å². The maximum absolute atomic E-state index is 12.0.